The number of fused-ring (bicyclic) bond motifs is 1. The number of hydrogen-bond acceptors (Lipinski definition) is 3. The summed E-state index contributed by atoms with van der Waals surface area (Å²) in [7, 11) is -2.78. The molecule has 1 aliphatic heterocycles. The topological polar surface area (TPSA) is 103 Å². The Bertz CT molecular complexity index is 667. The van der Waals surface area contributed by atoms with E-state index in [2.05, 4.69) is 10.0 Å². The summed E-state index contributed by atoms with van der Waals surface area (Å²) in [5.41, 5.74) is 4.90. The average molecular weight is 270 g/mol. The van der Waals surface area contributed by atoms with Crippen LogP contribution in [0.25, 0.3) is 4.91 Å². The number of carbonyl (C=O) groups is 1. The Labute approximate surface area is 103 Å². The fourth-order valence-corrected chi connectivity index (χ4v) is 2.69. The van der Waals surface area contributed by atoms with E-state index in [0.29, 0.717) is 0 Å². The molecule has 0 saturated heterocycles. The molecule has 1 amide bonds. The van der Waals surface area contributed by atoms with E-state index in [1.165, 1.54) is 13.1 Å². The van der Waals surface area contributed by atoms with Crippen LogP contribution in [-0.2, 0) is 14.8 Å². The Balaban J connectivity index is 2.74. The quantitative estimate of drug-likeness (QED) is 0.793. The van der Waals surface area contributed by atoms with E-state index in [-0.39, 0.29) is 11.3 Å². The van der Waals surface area contributed by atoms with Crippen molar-refractivity contribution in [1.82, 2.24) is 10.0 Å². The van der Waals surface area contributed by atoms with Crippen molar-refractivity contribution in [3.63, 3.8) is 0 Å². The van der Waals surface area contributed by atoms with Gasteiger partial charge in [-0.2, -0.15) is 0 Å². The predicted molar refractivity (Wildman–Crippen MR) is 62.3 cm³/mol. The summed E-state index contributed by atoms with van der Waals surface area (Å²) in [6, 6.07) is 3.40. The third kappa shape index (κ3) is 1.85. The molecule has 3 N–H and O–H groups in total. The van der Waals surface area contributed by atoms with Gasteiger partial charge in [-0.3, -0.25) is 4.79 Å². The minimum atomic E-state index is -3.95. The lowest BCUT2D eigenvalue weighted by atomic mass is 10.2. The van der Waals surface area contributed by atoms with Gasteiger partial charge in [-0.25, -0.2) is 22.8 Å². The summed E-state index contributed by atoms with van der Waals surface area (Å²) in [6.07, 6.45) is 0. The number of carbonyl (C=O) groups excluding carboxylic acids is 1. The number of sulfonamides is 1. The smallest absolute Gasteiger partial charge is 0.268 e. The number of amides is 1. The molecule has 1 aromatic rings. The second-order valence-corrected chi connectivity index (χ2v) is 5.35. The number of nitrogens with one attached hydrogen (secondary N) is 1. The van der Waals surface area contributed by atoms with E-state index < -0.39 is 32.3 Å². The SMILES string of the molecule is CNS(=O)(=O)C1=C(C(N)=O)[N]c2ccc(F)cc21. The lowest BCUT2D eigenvalue weighted by molar-refractivity contribution is -0.114. The first-order chi connectivity index (χ1) is 8.36. The maximum Gasteiger partial charge on any atom is 0.268 e. The molecule has 0 aromatic heterocycles. The minimum absolute atomic E-state index is 0.0261. The second-order valence-electron chi connectivity index (χ2n) is 3.52. The molecule has 8 heteroatoms. The number of nitrogens with zero attached hydrogens (tertiary/aromatic N) is 1. The Morgan fingerprint density at radius 2 is 2.11 bits per heavy atom. The van der Waals surface area contributed by atoms with Crippen molar-refractivity contribution in [3.8, 4) is 0 Å². The summed E-state index contributed by atoms with van der Waals surface area (Å²) >= 11 is 0. The van der Waals surface area contributed by atoms with E-state index in [0.717, 1.165) is 12.1 Å². The van der Waals surface area contributed by atoms with Gasteiger partial charge in [-0.15, -0.1) is 0 Å². The molecule has 0 atom stereocenters. The molecule has 0 aliphatic carbocycles. The van der Waals surface area contributed by atoms with Gasteiger partial charge in [0.25, 0.3) is 5.91 Å². The van der Waals surface area contributed by atoms with E-state index >= 15 is 0 Å². The molecule has 18 heavy (non-hydrogen) atoms. The van der Waals surface area contributed by atoms with E-state index in [1.54, 1.807) is 0 Å². The van der Waals surface area contributed by atoms with Crippen LogP contribution in [-0.4, -0.2) is 21.4 Å². The number of halogens is 1. The van der Waals surface area contributed by atoms with Gasteiger partial charge in [0.15, 0.2) is 0 Å². The molecule has 2 rings (SSSR count). The Kier molecular flexibility index (Phi) is 2.83. The number of rotatable bonds is 3. The second kappa shape index (κ2) is 4.07. The average Bonchev–Trinajstić information content (AvgIpc) is 2.68. The van der Waals surface area contributed by atoms with Crippen molar-refractivity contribution in [3.05, 3.63) is 35.3 Å². The third-order valence-electron chi connectivity index (χ3n) is 2.42. The first-order valence-electron chi connectivity index (χ1n) is 4.86. The Morgan fingerprint density at radius 3 is 2.67 bits per heavy atom. The number of nitrogens with two attached hydrogens (primary N) is 1. The van der Waals surface area contributed by atoms with Gasteiger partial charge in [0.2, 0.25) is 10.0 Å². The fourth-order valence-electron chi connectivity index (χ4n) is 1.63. The zero-order chi connectivity index (χ0) is 13.5. The van der Waals surface area contributed by atoms with Gasteiger partial charge in [0.05, 0.1) is 5.69 Å². The van der Waals surface area contributed by atoms with Crippen LogP contribution in [0.15, 0.2) is 23.9 Å². The van der Waals surface area contributed by atoms with E-state index in [9.17, 15) is 17.6 Å². The van der Waals surface area contributed by atoms with Crippen LogP contribution >= 0.6 is 0 Å². The van der Waals surface area contributed by atoms with Crippen LogP contribution in [0.4, 0.5) is 10.1 Å². The van der Waals surface area contributed by atoms with Gasteiger partial charge in [0.1, 0.15) is 16.4 Å². The minimum Gasteiger partial charge on any atom is -0.364 e. The van der Waals surface area contributed by atoms with Crippen molar-refractivity contribution < 1.29 is 17.6 Å². The Morgan fingerprint density at radius 1 is 1.44 bits per heavy atom. The highest BCUT2D eigenvalue weighted by Crippen LogP contribution is 2.37. The zero-order valence-corrected chi connectivity index (χ0v) is 10.1. The van der Waals surface area contributed by atoms with Crippen molar-refractivity contribution in [1.29, 1.82) is 0 Å². The van der Waals surface area contributed by atoms with Crippen molar-refractivity contribution >= 4 is 26.5 Å². The number of primary amides is 1. The standard InChI is InChI=1S/C10H9FN3O3S/c1-13-18(16,17)9-6-4-5(11)2-3-7(6)14-8(9)10(12)15/h2-4,13H,1H3,(H2,12,15). The van der Waals surface area contributed by atoms with Crippen LogP contribution in [0, 0.1) is 5.82 Å². The van der Waals surface area contributed by atoms with Crippen LogP contribution in [0.3, 0.4) is 0 Å². The molecule has 6 nitrogen and oxygen atoms in total. The lowest BCUT2D eigenvalue weighted by Crippen LogP contribution is -2.24. The maximum absolute atomic E-state index is 13.2. The number of hydrogen-bond donors (Lipinski definition) is 2. The van der Waals surface area contributed by atoms with Gasteiger partial charge in [-0.05, 0) is 25.2 Å². The molecule has 1 aliphatic rings. The molecule has 0 fully saturated rings. The van der Waals surface area contributed by atoms with E-state index in [1.807, 2.05) is 0 Å². The molecule has 95 valence electrons. The Hall–Kier alpha value is -1.93. The lowest BCUT2D eigenvalue weighted by Gasteiger charge is -2.05. The molecule has 1 heterocycles. The summed E-state index contributed by atoms with van der Waals surface area (Å²) < 4.78 is 38.9. The molecule has 0 saturated carbocycles. The van der Waals surface area contributed by atoms with Gasteiger partial charge < -0.3 is 5.73 Å². The third-order valence-corrected chi connectivity index (χ3v) is 3.91. The summed E-state index contributed by atoms with van der Waals surface area (Å²) in [5, 5.41) is 3.81. The molecule has 0 unspecified atom stereocenters. The molecular weight excluding hydrogens is 261 g/mol. The number of benzene rings is 1. The van der Waals surface area contributed by atoms with Gasteiger partial charge in [-0.1, -0.05) is 0 Å². The highest BCUT2D eigenvalue weighted by atomic mass is 32.2. The molecule has 0 bridgehead atoms. The highest BCUT2D eigenvalue weighted by Gasteiger charge is 2.34. The molecular formula is C10H9FN3O3S. The van der Waals surface area contributed by atoms with Crippen molar-refractivity contribution in [2.24, 2.45) is 5.73 Å². The predicted octanol–water partition coefficient (Wildman–Crippen LogP) is -0.222. The summed E-state index contributed by atoms with van der Waals surface area (Å²) in [6.45, 7) is 0. The molecule has 1 aromatic carbocycles. The largest absolute Gasteiger partial charge is 0.364 e. The van der Waals surface area contributed by atoms with Crippen LogP contribution < -0.4 is 15.8 Å². The van der Waals surface area contributed by atoms with Crippen LogP contribution in [0.5, 0.6) is 0 Å². The van der Waals surface area contributed by atoms with Crippen LogP contribution in [0.2, 0.25) is 0 Å². The fraction of sp³-hybridized carbons (Fsp3) is 0.100. The first-order valence-corrected chi connectivity index (χ1v) is 6.34. The van der Waals surface area contributed by atoms with Gasteiger partial charge in [0, 0.05) is 5.56 Å². The zero-order valence-electron chi connectivity index (χ0n) is 9.27. The van der Waals surface area contributed by atoms with Crippen LogP contribution in [0.1, 0.15) is 5.56 Å². The van der Waals surface area contributed by atoms with Crippen molar-refractivity contribution in [2.45, 2.75) is 0 Å². The summed E-state index contributed by atoms with van der Waals surface area (Å²) in [4.78, 5) is 10.8. The monoisotopic (exact) mass is 270 g/mol. The van der Waals surface area contributed by atoms with Gasteiger partial charge >= 0.3 is 0 Å². The van der Waals surface area contributed by atoms with Crippen molar-refractivity contribution in [2.75, 3.05) is 7.05 Å². The summed E-state index contributed by atoms with van der Waals surface area (Å²) in [5.74, 6) is -1.61. The normalized spacial score (nSPS) is 14.3. The molecule has 0 spiro atoms. The highest BCUT2D eigenvalue weighted by molar-refractivity contribution is 7.99. The maximum atomic E-state index is 13.2. The van der Waals surface area contributed by atoms with E-state index in [4.69, 9.17) is 5.73 Å². The molecule has 1 radical (unpaired) electrons. The first kappa shape index (κ1) is 12.5.